The minimum absolute atomic E-state index is 0.0667. The van der Waals surface area contributed by atoms with Crippen molar-refractivity contribution in [2.45, 2.75) is 40.5 Å². The molecular formula is C24H31N5O2. The highest BCUT2D eigenvalue weighted by Crippen LogP contribution is 2.25. The van der Waals surface area contributed by atoms with Crippen molar-refractivity contribution in [2.24, 2.45) is 9.98 Å². The van der Waals surface area contributed by atoms with Crippen LogP contribution in [0.2, 0.25) is 0 Å². The summed E-state index contributed by atoms with van der Waals surface area (Å²) in [6.45, 7) is 8.70. The molecule has 0 aliphatic heterocycles. The van der Waals surface area contributed by atoms with Crippen LogP contribution in [0.15, 0.2) is 46.5 Å². The van der Waals surface area contributed by atoms with E-state index in [0.717, 1.165) is 17.5 Å². The van der Waals surface area contributed by atoms with Gasteiger partial charge < -0.3 is 10.6 Å². The first-order valence-corrected chi connectivity index (χ1v) is 10.7. The number of Topliss-reactive ketones (excluding diaryl/α,β-unsaturated/α-hetero) is 1. The molecule has 0 atom stereocenters. The number of carbonyl (C=O) groups excluding carboxylic acids is 2. The zero-order valence-electron chi connectivity index (χ0n) is 18.7. The highest BCUT2D eigenvalue weighted by Gasteiger charge is 2.15. The van der Waals surface area contributed by atoms with E-state index in [1.807, 2.05) is 32.0 Å². The number of nitrogens with zero attached hydrogens (tertiary/aromatic N) is 3. The van der Waals surface area contributed by atoms with Crippen molar-refractivity contribution in [1.29, 1.82) is 0 Å². The molecular weight excluding hydrogens is 390 g/mol. The maximum absolute atomic E-state index is 12.5. The second-order valence-electron chi connectivity index (χ2n) is 6.88. The van der Waals surface area contributed by atoms with Crippen molar-refractivity contribution >= 4 is 29.4 Å². The van der Waals surface area contributed by atoms with Crippen molar-refractivity contribution in [1.82, 2.24) is 10.3 Å². The second-order valence-corrected chi connectivity index (χ2v) is 6.88. The lowest BCUT2D eigenvalue weighted by molar-refractivity contribution is -0.115. The summed E-state index contributed by atoms with van der Waals surface area (Å²) in [5.74, 6) is 0.258. The van der Waals surface area contributed by atoms with Gasteiger partial charge in [0, 0.05) is 30.9 Å². The molecule has 0 unspecified atom stereocenters. The van der Waals surface area contributed by atoms with E-state index in [-0.39, 0.29) is 23.9 Å². The van der Waals surface area contributed by atoms with Crippen LogP contribution in [0, 0.1) is 0 Å². The highest BCUT2D eigenvalue weighted by molar-refractivity contribution is 6.04. The summed E-state index contributed by atoms with van der Waals surface area (Å²) in [7, 11) is 0. The second kappa shape index (κ2) is 12.5. The zero-order chi connectivity index (χ0) is 22.6. The average Bonchev–Trinajstić information content (AvgIpc) is 2.78. The molecule has 2 N–H and O–H groups in total. The maximum atomic E-state index is 12.5. The number of hydrogen-bond acceptors (Lipinski definition) is 5. The third kappa shape index (κ3) is 7.22. The highest BCUT2D eigenvalue weighted by atomic mass is 16.2. The zero-order valence-corrected chi connectivity index (χ0v) is 18.7. The van der Waals surface area contributed by atoms with E-state index < -0.39 is 0 Å². The Morgan fingerprint density at radius 1 is 1.10 bits per heavy atom. The fraction of sp³-hybridized carbons (Fsp3) is 0.375. The van der Waals surface area contributed by atoms with Gasteiger partial charge in [-0.2, -0.15) is 0 Å². The van der Waals surface area contributed by atoms with Crippen molar-refractivity contribution in [2.75, 3.05) is 25.0 Å². The van der Waals surface area contributed by atoms with E-state index >= 15 is 0 Å². The lowest BCUT2D eigenvalue weighted by Gasteiger charge is -2.12. The number of amidine groups is 1. The molecule has 164 valence electrons. The molecule has 1 aromatic heterocycles. The molecule has 0 radical (unpaired) electrons. The van der Waals surface area contributed by atoms with Gasteiger partial charge in [-0.05, 0) is 37.5 Å². The summed E-state index contributed by atoms with van der Waals surface area (Å²) in [5.41, 5.74) is 3.75. The molecule has 2 aromatic rings. The van der Waals surface area contributed by atoms with Gasteiger partial charge in [0.15, 0.2) is 5.78 Å². The predicted molar refractivity (Wildman–Crippen MR) is 127 cm³/mol. The molecule has 0 fully saturated rings. The number of amides is 1. The van der Waals surface area contributed by atoms with Gasteiger partial charge in [0.2, 0.25) is 5.91 Å². The molecule has 2 rings (SSSR count). The third-order valence-electron chi connectivity index (χ3n) is 4.60. The van der Waals surface area contributed by atoms with Crippen molar-refractivity contribution in [3.63, 3.8) is 0 Å². The van der Waals surface area contributed by atoms with E-state index in [0.29, 0.717) is 31.0 Å². The Morgan fingerprint density at radius 2 is 1.90 bits per heavy atom. The van der Waals surface area contributed by atoms with Crippen molar-refractivity contribution < 1.29 is 9.59 Å². The molecule has 0 aliphatic rings. The maximum Gasteiger partial charge on any atom is 0.238 e. The predicted octanol–water partition coefficient (Wildman–Crippen LogP) is 3.94. The van der Waals surface area contributed by atoms with Gasteiger partial charge in [0.05, 0.1) is 18.8 Å². The Morgan fingerprint density at radius 3 is 2.58 bits per heavy atom. The molecule has 0 saturated heterocycles. The number of aryl methyl sites for hydroxylation is 1. The number of rotatable bonds is 10. The SMILES string of the molecule is CC=NC(CNCC(=O)Nc1cc(-c2cccc(CC)c2)cnc1C(=O)CC)=NCC. The molecule has 1 amide bonds. The number of benzene rings is 1. The minimum Gasteiger partial charge on any atom is -0.323 e. The summed E-state index contributed by atoms with van der Waals surface area (Å²) in [4.78, 5) is 37.7. The van der Waals surface area contributed by atoms with Gasteiger partial charge in [0.25, 0.3) is 0 Å². The van der Waals surface area contributed by atoms with Crippen LogP contribution in [0.25, 0.3) is 11.1 Å². The molecule has 0 saturated carbocycles. The summed E-state index contributed by atoms with van der Waals surface area (Å²) in [6, 6.07) is 9.96. The first-order valence-electron chi connectivity index (χ1n) is 10.7. The molecule has 0 aliphatic carbocycles. The first kappa shape index (κ1) is 24.1. The molecule has 0 spiro atoms. The Labute approximate surface area is 184 Å². The summed E-state index contributed by atoms with van der Waals surface area (Å²) in [6.07, 6.45) is 4.59. The topological polar surface area (TPSA) is 95.8 Å². The van der Waals surface area contributed by atoms with Crippen LogP contribution >= 0.6 is 0 Å². The molecule has 0 bridgehead atoms. The number of carbonyl (C=O) groups is 2. The Hall–Kier alpha value is -3.19. The van der Waals surface area contributed by atoms with Gasteiger partial charge >= 0.3 is 0 Å². The quantitative estimate of drug-likeness (QED) is 0.345. The fourth-order valence-corrected chi connectivity index (χ4v) is 3.03. The van der Waals surface area contributed by atoms with Gasteiger partial charge in [-0.1, -0.05) is 38.1 Å². The van der Waals surface area contributed by atoms with Crippen LogP contribution in [0.5, 0.6) is 0 Å². The van der Waals surface area contributed by atoms with Crippen LogP contribution in [-0.2, 0) is 11.2 Å². The Bertz CT molecular complexity index is 966. The summed E-state index contributed by atoms with van der Waals surface area (Å²) in [5, 5.41) is 5.88. The van der Waals surface area contributed by atoms with Gasteiger partial charge in [0.1, 0.15) is 11.5 Å². The van der Waals surface area contributed by atoms with Crippen molar-refractivity contribution in [3.8, 4) is 11.1 Å². The smallest absolute Gasteiger partial charge is 0.238 e. The van der Waals surface area contributed by atoms with E-state index in [9.17, 15) is 9.59 Å². The van der Waals surface area contributed by atoms with Crippen LogP contribution in [-0.4, -0.2) is 48.4 Å². The molecule has 1 aromatic carbocycles. The largest absolute Gasteiger partial charge is 0.323 e. The van der Waals surface area contributed by atoms with Crippen LogP contribution in [0.3, 0.4) is 0 Å². The van der Waals surface area contributed by atoms with Gasteiger partial charge in [-0.25, -0.2) is 4.99 Å². The monoisotopic (exact) mass is 421 g/mol. The normalized spacial score (nSPS) is 11.7. The Balaban J connectivity index is 2.19. The number of ketones is 1. The first-order chi connectivity index (χ1) is 15.0. The molecule has 31 heavy (non-hydrogen) atoms. The summed E-state index contributed by atoms with van der Waals surface area (Å²) >= 11 is 0. The van der Waals surface area contributed by atoms with Crippen molar-refractivity contribution in [3.05, 3.63) is 47.8 Å². The lowest BCUT2D eigenvalue weighted by Crippen LogP contribution is -2.32. The third-order valence-corrected chi connectivity index (χ3v) is 4.60. The fourth-order valence-electron chi connectivity index (χ4n) is 3.03. The van der Waals surface area contributed by atoms with Gasteiger partial charge in [-0.3, -0.25) is 19.6 Å². The Kier molecular flexibility index (Phi) is 9.71. The van der Waals surface area contributed by atoms with E-state index in [1.165, 1.54) is 5.56 Å². The van der Waals surface area contributed by atoms with Crippen LogP contribution < -0.4 is 10.6 Å². The molecule has 1 heterocycles. The van der Waals surface area contributed by atoms with Gasteiger partial charge in [-0.15, -0.1) is 0 Å². The number of anilines is 1. The number of aromatic nitrogens is 1. The van der Waals surface area contributed by atoms with E-state index in [1.54, 1.807) is 19.3 Å². The lowest BCUT2D eigenvalue weighted by atomic mass is 10.0. The van der Waals surface area contributed by atoms with E-state index in [2.05, 4.69) is 44.7 Å². The summed E-state index contributed by atoms with van der Waals surface area (Å²) < 4.78 is 0. The standard InChI is InChI=1S/C24H31N5O2/c1-5-17-10-9-11-18(12-17)19-13-20(24(28-14-19)21(30)6-2)29-23(31)16-25-15-22(26-7-3)27-8-4/h7,9-14,25H,5-6,8,15-16H2,1-4H3,(H,29,31). The minimum atomic E-state index is -0.261. The van der Waals surface area contributed by atoms with Crippen LogP contribution in [0.4, 0.5) is 5.69 Å². The number of nitrogens with one attached hydrogen (secondary N) is 2. The number of aliphatic imine (C=N–C) groups is 2. The van der Waals surface area contributed by atoms with E-state index in [4.69, 9.17) is 0 Å². The number of pyridine rings is 1. The van der Waals surface area contributed by atoms with Crippen LogP contribution in [0.1, 0.15) is 50.2 Å². The molecule has 7 nitrogen and oxygen atoms in total. The molecule has 7 heteroatoms. The average molecular weight is 422 g/mol. The number of hydrogen-bond donors (Lipinski definition) is 2.